The Hall–Kier alpha value is -0.480. The highest BCUT2D eigenvalue weighted by atomic mass is 32.1. The van der Waals surface area contributed by atoms with Crippen LogP contribution < -0.4 is 0 Å². The second kappa shape index (κ2) is 2.50. The second-order valence-electron chi connectivity index (χ2n) is 2.96. The van der Waals surface area contributed by atoms with Crippen LogP contribution >= 0.6 is 11.3 Å². The van der Waals surface area contributed by atoms with E-state index in [4.69, 9.17) is 5.11 Å². The van der Waals surface area contributed by atoms with Crippen molar-refractivity contribution in [3.05, 3.63) is 22.4 Å². The Morgan fingerprint density at radius 1 is 1.58 bits per heavy atom. The quantitative estimate of drug-likeness (QED) is 0.757. The summed E-state index contributed by atoms with van der Waals surface area (Å²) in [4.78, 5) is 0.680. The van der Waals surface area contributed by atoms with Gasteiger partial charge in [-0.25, -0.2) is 8.78 Å². The lowest BCUT2D eigenvalue weighted by Crippen LogP contribution is -1.96. The lowest BCUT2D eigenvalue weighted by Gasteiger charge is -1.90. The Morgan fingerprint density at radius 2 is 2.33 bits per heavy atom. The van der Waals surface area contributed by atoms with Crippen LogP contribution in [0.2, 0.25) is 0 Å². The Labute approximate surface area is 72.7 Å². The van der Waals surface area contributed by atoms with Gasteiger partial charge in [-0.2, -0.15) is 0 Å². The van der Waals surface area contributed by atoms with Crippen LogP contribution in [-0.2, 0) is 0 Å². The molecule has 1 saturated carbocycles. The molecule has 0 bridgehead atoms. The molecule has 0 saturated heterocycles. The first-order chi connectivity index (χ1) is 5.68. The number of aliphatic hydroxyl groups excluding tert-OH is 1. The zero-order valence-corrected chi connectivity index (χ0v) is 7.02. The van der Waals surface area contributed by atoms with E-state index in [1.807, 2.05) is 0 Å². The fourth-order valence-corrected chi connectivity index (χ4v) is 2.41. The normalized spacial score (nSPS) is 31.9. The number of thiophene rings is 1. The third kappa shape index (κ3) is 0.983. The molecule has 66 valence electrons. The van der Waals surface area contributed by atoms with Crippen LogP contribution in [0.3, 0.4) is 0 Å². The van der Waals surface area contributed by atoms with Crippen LogP contribution in [-0.4, -0.2) is 17.6 Å². The molecule has 2 rings (SSSR count). The number of alkyl halides is 2. The van der Waals surface area contributed by atoms with E-state index in [1.54, 1.807) is 17.5 Å². The molecule has 1 aliphatic rings. The van der Waals surface area contributed by atoms with Gasteiger partial charge in [0.25, 0.3) is 5.92 Å². The van der Waals surface area contributed by atoms with E-state index >= 15 is 0 Å². The molecule has 1 aromatic heterocycles. The minimum atomic E-state index is -2.68. The molecule has 1 aromatic rings. The Morgan fingerprint density at radius 3 is 2.75 bits per heavy atom. The molecule has 1 fully saturated rings. The highest BCUT2D eigenvalue weighted by Crippen LogP contribution is 2.61. The average molecular weight is 190 g/mol. The summed E-state index contributed by atoms with van der Waals surface area (Å²) in [5.74, 6) is -4.27. The fraction of sp³-hybridized carbons (Fsp3) is 0.500. The van der Waals surface area contributed by atoms with E-state index in [-0.39, 0.29) is 0 Å². The zero-order valence-electron chi connectivity index (χ0n) is 6.21. The van der Waals surface area contributed by atoms with Crippen molar-refractivity contribution in [3.63, 3.8) is 0 Å². The zero-order chi connectivity index (χ0) is 8.77. The van der Waals surface area contributed by atoms with Gasteiger partial charge in [0.05, 0.1) is 18.4 Å². The molecule has 1 nitrogen and oxygen atoms in total. The first-order valence-corrected chi connectivity index (χ1v) is 4.58. The van der Waals surface area contributed by atoms with Gasteiger partial charge in [0, 0.05) is 4.88 Å². The number of aliphatic hydroxyl groups is 1. The van der Waals surface area contributed by atoms with Crippen molar-refractivity contribution in [1.82, 2.24) is 0 Å². The molecular formula is C8H8F2OS. The average Bonchev–Trinajstić information content (AvgIpc) is 2.50. The van der Waals surface area contributed by atoms with Crippen molar-refractivity contribution < 1.29 is 13.9 Å². The van der Waals surface area contributed by atoms with Gasteiger partial charge in [-0.3, -0.25) is 0 Å². The molecule has 0 amide bonds. The minimum absolute atomic E-state index is 0.421. The maximum Gasteiger partial charge on any atom is 0.262 e. The van der Waals surface area contributed by atoms with E-state index in [9.17, 15) is 8.78 Å². The summed E-state index contributed by atoms with van der Waals surface area (Å²) in [6.07, 6.45) is 0. The van der Waals surface area contributed by atoms with Crippen LogP contribution in [0.1, 0.15) is 10.8 Å². The van der Waals surface area contributed by atoms with Gasteiger partial charge in [-0.05, 0) is 11.4 Å². The molecule has 0 spiro atoms. The number of hydrogen-bond acceptors (Lipinski definition) is 2. The van der Waals surface area contributed by atoms with E-state index in [0.29, 0.717) is 4.88 Å². The van der Waals surface area contributed by atoms with Gasteiger partial charge < -0.3 is 5.11 Å². The molecule has 0 radical (unpaired) electrons. The first kappa shape index (κ1) is 8.13. The highest BCUT2D eigenvalue weighted by molar-refractivity contribution is 7.10. The van der Waals surface area contributed by atoms with Crippen molar-refractivity contribution in [1.29, 1.82) is 0 Å². The SMILES string of the molecule is OCC1C(c2cccs2)C1(F)F. The highest BCUT2D eigenvalue weighted by Gasteiger charge is 2.68. The molecule has 1 N–H and O–H groups in total. The first-order valence-electron chi connectivity index (χ1n) is 3.70. The van der Waals surface area contributed by atoms with Crippen LogP contribution in [0.4, 0.5) is 8.78 Å². The molecule has 1 aliphatic carbocycles. The smallest absolute Gasteiger partial charge is 0.262 e. The Balaban J connectivity index is 2.19. The maximum absolute atomic E-state index is 12.9. The van der Waals surface area contributed by atoms with Gasteiger partial charge in [-0.1, -0.05) is 6.07 Å². The van der Waals surface area contributed by atoms with Gasteiger partial charge in [-0.15, -0.1) is 11.3 Å². The van der Waals surface area contributed by atoms with Crippen LogP contribution in [0.25, 0.3) is 0 Å². The van der Waals surface area contributed by atoms with Crippen LogP contribution in [0, 0.1) is 5.92 Å². The number of rotatable bonds is 2. The lowest BCUT2D eigenvalue weighted by atomic mass is 10.3. The summed E-state index contributed by atoms with van der Waals surface area (Å²) in [5, 5.41) is 10.4. The molecule has 0 aromatic carbocycles. The Bertz CT molecular complexity index is 271. The summed E-state index contributed by atoms with van der Waals surface area (Å²) in [6, 6.07) is 3.45. The molecule has 12 heavy (non-hydrogen) atoms. The predicted octanol–water partition coefficient (Wildman–Crippen LogP) is 2.09. The van der Waals surface area contributed by atoms with Crippen molar-refractivity contribution in [2.24, 2.45) is 5.92 Å². The van der Waals surface area contributed by atoms with Gasteiger partial charge in [0.1, 0.15) is 0 Å². The minimum Gasteiger partial charge on any atom is -0.396 e. The van der Waals surface area contributed by atoms with E-state index in [1.165, 1.54) is 11.3 Å². The molecule has 2 unspecified atom stereocenters. The second-order valence-corrected chi connectivity index (χ2v) is 3.94. The van der Waals surface area contributed by atoms with Crippen molar-refractivity contribution >= 4 is 11.3 Å². The summed E-state index contributed by atoms with van der Waals surface area (Å²) in [6.45, 7) is -0.421. The summed E-state index contributed by atoms with van der Waals surface area (Å²) in [5.41, 5.74) is 0. The van der Waals surface area contributed by atoms with Crippen molar-refractivity contribution in [3.8, 4) is 0 Å². The van der Waals surface area contributed by atoms with Gasteiger partial charge >= 0.3 is 0 Å². The third-order valence-corrected chi connectivity index (χ3v) is 3.20. The maximum atomic E-state index is 12.9. The molecule has 0 aliphatic heterocycles. The van der Waals surface area contributed by atoms with Crippen molar-refractivity contribution in [2.75, 3.05) is 6.61 Å². The topological polar surface area (TPSA) is 20.2 Å². The molecule has 1 heterocycles. The van der Waals surface area contributed by atoms with E-state index < -0.39 is 24.4 Å². The lowest BCUT2D eigenvalue weighted by molar-refractivity contribution is 0.0787. The van der Waals surface area contributed by atoms with E-state index in [0.717, 1.165) is 0 Å². The summed E-state index contributed by atoms with van der Waals surface area (Å²) >= 11 is 1.32. The number of halogens is 2. The standard InChI is InChI=1S/C8H8F2OS/c9-8(10)5(4-11)7(8)6-2-1-3-12-6/h1-3,5,7,11H,4H2. The number of hydrogen-bond donors (Lipinski definition) is 1. The van der Waals surface area contributed by atoms with Crippen LogP contribution in [0.15, 0.2) is 17.5 Å². The summed E-state index contributed by atoms with van der Waals surface area (Å²) in [7, 11) is 0. The van der Waals surface area contributed by atoms with Gasteiger partial charge in [0.15, 0.2) is 0 Å². The molecule has 4 heteroatoms. The molecular weight excluding hydrogens is 182 g/mol. The van der Waals surface area contributed by atoms with E-state index in [2.05, 4.69) is 0 Å². The fourth-order valence-electron chi connectivity index (χ4n) is 1.47. The molecule has 2 atom stereocenters. The largest absolute Gasteiger partial charge is 0.396 e. The van der Waals surface area contributed by atoms with Crippen molar-refractivity contribution in [2.45, 2.75) is 11.8 Å². The van der Waals surface area contributed by atoms with Gasteiger partial charge in [0.2, 0.25) is 0 Å². The summed E-state index contributed by atoms with van der Waals surface area (Å²) < 4.78 is 25.7. The van der Waals surface area contributed by atoms with Crippen LogP contribution in [0.5, 0.6) is 0 Å². The third-order valence-electron chi connectivity index (χ3n) is 2.25. The Kier molecular flexibility index (Phi) is 1.70. The monoisotopic (exact) mass is 190 g/mol. The predicted molar refractivity (Wildman–Crippen MR) is 42.6 cm³/mol.